The molecule has 1 atom stereocenters. The lowest BCUT2D eigenvalue weighted by Gasteiger charge is -2.33. The molecular weight excluding hydrogens is 701 g/mol. The first-order valence-corrected chi connectivity index (χ1v) is 22.2. The Morgan fingerprint density at radius 2 is 1.27 bits per heavy atom. The fourth-order valence-electron chi connectivity index (χ4n) is 8.33. The van der Waals surface area contributed by atoms with Gasteiger partial charge >= 0.3 is 0 Å². The molecule has 0 amide bonds. The largest absolute Gasteiger partial charge is 0.494 e. The average Bonchev–Trinajstić information content (AvgIpc) is 3.18. The van der Waals surface area contributed by atoms with Gasteiger partial charge in [-0.3, -0.25) is 0 Å². The Morgan fingerprint density at radius 1 is 0.679 bits per heavy atom. The minimum absolute atomic E-state index is 0.300. The predicted octanol–water partition coefficient (Wildman–Crippen LogP) is 3.63. The number of hydrogen-bond acceptors (Lipinski definition) is 11. The molecule has 11 nitrogen and oxygen atoms in total. The van der Waals surface area contributed by atoms with E-state index in [1.807, 2.05) is 0 Å². The molecule has 2 fully saturated rings. The Bertz CT molecular complexity index is 1450. The molecule has 2 saturated heterocycles. The van der Waals surface area contributed by atoms with Crippen molar-refractivity contribution in [3.8, 4) is 17.2 Å². The summed E-state index contributed by atoms with van der Waals surface area (Å²) in [6, 6.07) is 11.2. The number of aryl methyl sites for hydroxylation is 1. The van der Waals surface area contributed by atoms with E-state index in [4.69, 9.17) is 14.2 Å². The maximum atomic E-state index is 6.59. The molecule has 4 heterocycles. The number of ether oxygens (including phenoxy) is 3. The summed E-state index contributed by atoms with van der Waals surface area (Å²) in [7, 11) is 0. The second kappa shape index (κ2) is 23.6. The predicted molar refractivity (Wildman–Crippen MR) is 231 cm³/mol. The van der Waals surface area contributed by atoms with Gasteiger partial charge in [0.05, 0.1) is 18.8 Å². The zero-order chi connectivity index (χ0) is 38.7. The second-order valence-corrected chi connectivity index (χ2v) is 16.6. The molecule has 0 radical (unpaired) electrons. The van der Waals surface area contributed by atoms with Crippen LogP contribution in [0.25, 0.3) is 6.08 Å². The van der Waals surface area contributed by atoms with E-state index in [9.17, 15) is 0 Å². The van der Waals surface area contributed by atoms with Gasteiger partial charge in [0.1, 0.15) is 22.8 Å². The number of benzene rings is 2. The van der Waals surface area contributed by atoms with Gasteiger partial charge in [0, 0.05) is 111 Å². The van der Waals surface area contributed by atoms with E-state index >= 15 is 0 Å². The van der Waals surface area contributed by atoms with Gasteiger partial charge in [-0.25, -0.2) is 0 Å². The van der Waals surface area contributed by atoms with E-state index < -0.39 is 0 Å². The molecule has 6 N–H and O–H groups in total. The van der Waals surface area contributed by atoms with E-state index in [1.54, 1.807) is 0 Å². The van der Waals surface area contributed by atoms with Crippen molar-refractivity contribution in [1.82, 2.24) is 41.7 Å². The van der Waals surface area contributed by atoms with Crippen LogP contribution in [0.5, 0.6) is 17.2 Å². The lowest BCUT2D eigenvalue weighted by Crippen LogP contribution is -2.42. The van der Waals surface area contributed by atoms with Gasteiger partial charge in [0.25, 0.3) is 0 Å². The van der Waals surface area contributed by atoms with Crippen LogP contribution in [0.3, 0.4) is 0 Å². The maximum Gasteiger partial charge on any atom is 0.133 e. The Kier molecular flexibility index (Phi) is 18.1. The summed E-state index contributed by atoms with van der Waals surface area (Å²) in [4.78, 5) is 5.23. The van der Waals surface area contributed by atoms with Crippen LogP contribution in [0.2, 0.25) is 0 Å². The quantitative estimate of drug-likeness (QED) is 0.168. The summed E-state index contributed by atoms with van der Waals surface area (Å²) in [5.41, 5.74) is 4.89. The highest BCUT2D eigenvalue weighted by molar-refractivity contribution is 5.69. The van der Waals surface area contributed by atoms with Crippen LogP contribution in [-0.2, 0) is 12.8 Å². The van der Waals surface area contributed by atoms with Crippen molar-refractivity contribution in [1.29, 1.82) is 0 Å². The van der Waals surface area contributed by atoms with Crippen LogP contribution in [-0.4, -0.2) is 146 Å². The van der Waals surface area contributed by atoms with Crippen LogP contribution in [0.15, 0.2) is 36.4 Å². The van der Waals surface area contributed by atoms with Gasteiger partial charge in [-0.05, 0) is 113 Å². The van der Waals surface area contributed by atoms with Crippen molar-refractivity contribution in [2.75, 3.05) is 131 Å². The molecule has 56 heavy (non-hydrogen) atoms. The number of unbranched alkanes of at least 4 members (excludes halogenated alkanes) is 3. The molecule has 2 aromatic carbocycles. The molecular formula is C45H74N8O3. The molecule has 0 bridgehead atoms. The van der Waals surface area contributed by atoms with Crippen molar-refractivity contribution in [2.45, 2.75) is 70.3 Å². The third kappa shape index (κ3) is 14.3. The molecule has 0 aliphatic carbocycles. The van der Waals surface area contributed by atoms with Gasteiger partial charge in [-0.1, -0.05) is 18.6 Å². The lowest BCUT2D eigenvalue weighted by molar-refractivity contribution is 0.157. The molecule has 0 aromatic heterocycles. The second-order valence-electron chi connectivity index (χ2n) is 16.6. The van der Waals surface area contributed by atoms with Crippen LogP contribution in [0, 0.1) is 0 Å². The van der Waals surface area contributed by atoms with E-state index in [-0.39, 0.29) is 5.60 Å². The third-order valence-corrected chi connectivity index (χ3v) is 11.6. The molecule has 0 saturated carbocycles. The van der Waals surface area contributed by atoms with Gasteiger partial charge in [0.15, 0.2) is 0 Å². The molecule has 2 aromatic rings. The highest BCUT2D eigenvalue weighted by Crippen LogP contribution is 2.43. The fourth-order valence-corrected chi connectivity index (χ4v) is 8.33. The Hall–Kier alpha value is -2.74. The third-order valence-electron chi connectivity index (χ3n) is 11.6. The summed E-state index contributed by atoms with van der Waals surface area (Å²) in [6.07, 6.45) is 12.2. The van der Waals surface area contributed by atoms with Gasteiger partial charge < -0.3 is 55.9 Å². The van der Waals surface area contributed by atoms with Crippen molar-refractivity contribution in [3.05, 3.63) is 58.7 Å². The first kappa shape index (κ1) is 42.9. The van der Waals surface area contributed by atoms with E-state index in [1.165, 1.54) is 36.0 Å². The molecule has 0 spiro atoms. The summed E-state index contributed by atoms with van der Waals surface area (Å²) in [5, 5.41) is 21.4. The van der Waals surface area contributed by atoms with Crippen molar-refractivity contribution in [2.24, 2.45) is 0 Å². The van der Waals surface area contributed by atoms with E-state index in [2.05, 4.69) is 98.0 Å². The Labute approximate surface area is 338 Å². The van der Waals surface area contributed by atoms with Crippen molar-refractivity contribution >= 4 is 6.08 Å². The summed E-state index contributed by atoms with van der Waals surface area (Å²) >= 11 is 0. The number of rotatable bonds is 13. The van der Waals surface area contributed by atoms with E-state index in [0.29, 0.717) is 12.5 Å². The minimum atomic E-state index is -0.300. The van der Waals surface area contributed by atoms with Crippen LogP contribution >= 0.6 is 0 Å². The smallest absolute Gasteiger partial charge is 0.133 e. The van der Waals surface area contributed by atoms with Crippen LogP contribution < -0.4 is 46.1 Å². The molecule has 4 aliphatic rings. The van der Waals surface area contributed by atoms with Gasteiger partial charge in [0.2, 0.25) is 0 Å². The molecule has 6 rings (SSSR count). The van der Waals surface area contributed by atoms with Gasteiger partial charge in [-0.2, -0.15) is 0 Å². The van der Waals surface area contributed by atoms with Crippen molar-refractivity contribution in [3.63, 3.8) is 0 Å². The fraction of sp³-hybridized carbons (Fsp3) is 0.689. The molecule has 312 valence electrons. The average molecular weight is 775 g/mol. The molecule has 11 heteroatoms. The van der Waals surface area contributed by atoms with E-state index in [0.717, 1.165) is 173 Å². The standard InChI is InChI=1S/C45H74N8O3/c1-45(2)14-13-42-43(56-45)12-9-38-34-39(36-55-44(38)42)41-11-10-40(54-33-7-6-28-53-31-25-50-21-17-47-18-22-51-26-32-53)35-37(41)8-4-3-5-27-52-29-23-48-19-15-46-16-20-49-24-30-52/h9-14,35,39,46-51H,3-8,15-34,36H2,1-2H3. The number of fused-ring (bicyclic) bond motifs is 3. The molecule has 4 aliphatic heterocycles. The molecule has 1 unspecified atom stereocenters. The SMILES string of the molecule is CC1(C)C=Cc2c(ccc3c2OCC(c2ccc(OCCCCN4CCNCCNCCNCC4)cc2CCCCCN2CCNCCNCCNCC2)C3)O1. The zero-order valence-electron chi connectivity index (χ0n) is 34.8. The number of nitrogens with one attached hydrogen (secondary N) is 6. The topological polar surface area (TPSA) is 106 Å². The minimum Gasteiger partial charge on any atom is -0.494 e. The maximum absolute atomic E-state index is 6.59. The van der Waals surface area contributed by atoms with Crippen molar-refractivity contribution < 1.29 is 14.2 Å². The van der Waals surface area contributed by atoms with Crippen LogP contribution in [0.4, 0.5) is 0 Å². The number of hydrogen-bond donors (Lipinski definition) is 6. The highest BCUT2D eigenvalue weighted by Gasteiger charge is 2.30. The zero-order valence-corrected chi connectivity index (χ0v) is 34.8. The highest BCUT2D eigenvalue weighted by atomic mass is 16.5. The first-order valence-electron chi connectivity index (χ1n) is 22.2. The van der Waals surface area contributed by atoms with Crippen LogP contribution in [0.1, 0.15) is 74.1 Å². The Balaban J connectivity index is 1.03. The Morgan fingerprint density at radius 3 is 1.89 bits per heavy atom. The lowest BCUT2D eigenvalue weighted by atomic mass is 9.85. The number of nitrogens with zero attached hydrogens (tertiary/aromatic N) is 2. The summed E-state index contributed by atoms with van der Waals surface area (Å²) in [5.74, 6) is 3.23. The first-order chi connectivity index (χ1) is 27.5. The van der Waals surface area contributed by atoms with Gasteiger partial charge in [-0.15, -0.1) is 0 Å². The normalized spacial score (nSPS) is 22.1. The summed E-state index contributed by atoms with van der Waals surface area (Å²) < 4.78 is 19.3. The monoisotopic (exact) mass is 775 g/mol. The summed E-state index contributed by atoms with van der Waals surface area (Å²) in [6.45, 7) is 24.8.